The average molecular weight is 894 g/mol. The molecule has 2 unspecified atom stereocenters. The summed E-state index contributed by atoms with van der Waals surface area (Å²) in [4.78, 5) is 52.9. The monoisotopic (exact) mass is 894 g/mol. The van der Waals surface area contributed by atoms with Crippen molar-refractivity contribution < 1.29 is 47.6 Å². The fourth-order valence-corrected chi connectivity index (χ4v) is 8.58. The minimum Gasteiger partial charge on any atom is -0.466 e. The van der Waals surface area contributed by atoms with Crippen molar-refractivity contribution in [2.24, 2.45) is 5.92 Å². The molecule has 2 aliphatic heterocycles. The molecule has 0 amide bonds. The van der Waals surface area contributed by atoms with Gasteiger partial charge in [0.15, 0.2) is 18.5 Å². The van der Waals surface area contributed by atoms with Crippen molar-refractivity contribution in [3.8, 4) is 0 Å². The van der Waals surface area contributed by atoms with Crippen molar-refractivity contribution in [2.75, 3.05) is 46.6 Å². The minimum absolute atomic E-state index is 0.0911. The molecular weight excluding hydrogens is 799 g/mol. The van der Waals surface area contributed by atoms with Crippen LogP contribution in [0.2, 0.25) is 0 Å². The van der Waals surface area contributed by atoms with Gasteiger partial charge in [0.05, 0.1) is 26.4 Å². The van der Waals surface area contributed by atoms with Gasteiger partial charge < -0.3 is 33.3 Å². The van der Waals surface area contributed by atoms with Crippen molar-refractivity contribution >= 4 is 23.9 Å². The molecule has 0 aromatic rings. The van der Waals surface area contributed by atoms with E-state index in [1.807, 2.05) is 0 Å². The summed E-state index contributed by atoms with van der Waals surface area (Å²) >= 11 is 0. The Morgan fingerprint density at radius 3 is 1.14 bits per heavy atom. The molecule has 2 fully saturated rings. The minimum atomic E-state index is -1.14. The van der Waals surface area contributed by atoms with E-state index in [-0.39, 0.29) is 25.2 Å². The van der Waals surface area contributed by atoms with E-state index in [0.717, 1.165) is 103 Å². The highest BCUT2D eigenvalue weighted by Gasteiger charge is 2.47. The van der Waals surface area contributed by atoms with Crippen molar-refractivity contribution in [2.45, 2.75) is 257 Å². The Morgan fingerprint density at radius 2 is 0.762 bits per heavy atom. The molecule has 368 valence electrons. The molecule has 2 saturated heterocycles. The topological polar surface area (TPSA) is 127 Å². The van der Waals surface area contributed by atoms with Gasteiger partial charge in [0, 0.05) is 12.8 Å². The lowest BCUT2D eigenvalue weighted by Gasteiger charge is -2.29. The summed E-state index contributed by atoms with van der Waals surface area (Å²) in [6.07, 6.45) is 33.8. The fraction of sp³-hybridized carbons (Fsp3) is 0.923. The summed E-state index contributed by atoms with van der Waals surface area (Å²) in [5.74, 6) is -0.666. The first-order chi connectivity index (χ1) is 30.8. The summed E-state index contributed by atoms with van der Waals surface area (Å²) < 4.78 is 34.1. The number of ether oxygens (including phenoxy) is 6. The zero-order valence-electron chi connectivity index (χ0n) is 40.8. The van der Waals surface area contributed by atoms with E-state index in [1.165, 1.54) is 103 Å². The van der Waals surface area contributed by atoms with E-state index in [9.17, 15) is 19.2 Å². The summed E-state index contributed by atoms with van der Waals surface area (Å²) in [5, 5.41) is 0. The fourth-order valence-electron chi connectivity index (χ4n) is 8.58. The number of hydrogen-bond acceptors (Lipinski definition) is 11. The first-order valence-electron chi connectivity index (χ1n) is 26.5. The Bertz CT molecular complexity index is 1060. The third kappa shape index (κ3) is 31.3. The van der Waals surface area contributed by atoms with Gasteiger partial charge in [0.2, 0.25) is 0 Å². The van der Waals surface area contributed by atoms with Crippen LogP contribution in [0.25, 0.3) is 0 Å². The van der Waals surface area contributed by atoms with Crippen LogP contribution in [0.3, 0.4) is 0 Å². The average Bonchev–Trinajstić information content (AvgIpc) is 3.71. The smallest absolute Gasteiger partial charge is 0.338 e. The quantitative estimate of drug-likeness (QED) is 0.0330. The van der Waals surface area contributed by atoms with Crippen molar-refractivity contribution in [1.82, 2.24) is 4.90 Å². The third-order valence-corrected chi connectivity index (χ3v) is 12.8. The molecule has 0 saturated carbocycles. The highest BCUT2D eigenvalue weighted by molar-refractivity contribution is 5.86. The number of unbranched alkanes of at least 4 members (excludes halogenated alkanes) is 24. The van der Waals surface area contributed by atoms with Crippen molar-refractivity contribution in [3.63, 3.8) is 0 Å². The van der Waals surface area contributed by atoms with E-state index in [0.29, 0.717) is 51.2 Å². The van der Waals surface area contributed by atoms with Crippen LogP contribution >= 0.6 is 0 Å². The maximum atomic E-state index is 13.2. The second kappa shape index (κ2) is 40.1. The van der Waals surface area contributed by atoms with Crippen molar-refractivity contribution in [1.29, 1.82) is 0 Å². The predicted molar refractivity (Wildman–Crippen MR) is 251 cm³/mol. The molecule has 11 nitrogen and oxygen atoms in total. The molecule has 2 aliphatic rings. The maximum Gasteiger partial charge on any atom is 0.338 e. The molecule has 0 radical (unpaired) electrons. The zero-order chi connectivity index (χ0) is 45.4. The van der Waals surface area contributed by atoms with E-state index in [1.54, 1.807) is 0 Å². The molecule has 0 N–H and O–H groups in total. The Morgan fingerprint density at radius 1 is 0.429 bits per heavy atom. The molecule has 0 spiro atoms. The van der Waals surface area contributed by atoms with E-state index >= 15 is 0 Å². The van der Waals surface area contributed by atoms with Crippen LogP contribution in [-0.2, 0) is 47.6 Å². The summed E-state index contributed by atoms with van der Waals surface area (Å²) in [6, 6.07) is 0. The van der Waals surface area contributed by atoms with Gasteiger partial charge in [-0.15, -0.1) is 0 Å². The maximum absolute atomic E-state index is 13.2. The summed E-state index contributed by atoms with van der Waals surface area (Å²) in [7, 11) is 2.16. The largest absolute Gasteiger partial charge is 0.466 e. The lowest BCUT2D eigenvalue weighted by molar-refractivity contribution is -0.163. The summed E-state index contributed by atoms with van der Waals surface area (Å²) in [5.41, 5.74) is 0. The number of piperidine rings is 1. The van der Waals surface area contributed by atoms with Gasteiger partial charge >= 0.3 is 23.9 Å². The van der Waals surface area contributed by atoms with Crippen LogP contribution in [0, 0.1) is 5.92 Å². The van der Waals surface area contributed by atoms with Gasteiger partial charge in [-0.05, 0) is 90.3 Å². The molecule has 0 bridgehead atoms. The zero-order valence-corrected chi connectivity index (χ0v) is 40.8. The van der Waals surface area contributed by atoms with Crippen LogP contribution < -0.4 is 0 Å². The molecule has 11 heteroatoms. The molecule has 2 rings (SSSR count). The second-order valence-corrected chi connectivity index (χ2v) is 18.7. The van der Waals surface area contributed by atoms with E-state index in [2.05, 4.69) is 25.8 Å². The van der Waals surface area contributed by atoms with Gasteiger partial charge in [-0.2, -0.15) is 0 Å². The predicted octanol–water partition coefficient (Wildman–Crippen LogP) is 12.5. The number of hydrogen-bond donors (Lipinski definition) is 0. The lowest BCUT2D eigenvalue weighted by atomic mass is 9.92. The number of carbonyl (C=O) groups is 4. The number of likely N-dealkylation sites (tertiary alicyclic amines) is 1. The third-order valence-electron chi connectivity index (χ3n) is 12.8. The van der Waals surface area contributed by atoms with Crippen LogP contribution in [0.1, 0.15) is 239 Å². The Labute approximate surface area is 384 Å². The van der Waals surface area contributed by atoms with Crippen LogP contribution in [0.15, 0.2) is 0 Å². The molecule has 0 aliphatic carbocycles. The molecule has 2 atom stereocenters. The lowest BCUT2D eigenvalue weighted by Crippen LogP contribution is -2.39. The molecule has 2 heterocycles. The van der Waals surface area contributed by atoms with E-state index < -0.39 is 30.4 Å². The Balaban J connectivity index is 1.57. The highest BCUT2D eigenvalue weighted by atomic mass is 16.8. The van der Waals surface area contributed by atoms with Crippen molar-refractivity contribution in [3.05, 3.63) is 0 Å². The number of nitrogens with zero attached hydrogens (tertiary/aromatic N) is 1. The SMILES string of the molecule is CCCCCCCCCCCC(=O)OCCCCCCCOC(=O)C1OC(CCCC2CCN(C)CC2)OC1C(=O)OCCCCCCCOC(=O)CCCCCCCCCCC. The van der Waals surface area contributed by atoms with Gasteiger partial charge in [0.25, 0.3) is 0 Å². The normalized spacial score (nSPS) is 18.1. The molecule has 63 heavy (non-hydrogen) atoms. The summed E-state index contributed by atoms with van der Waals surface area (Å²) in [6.45, 7) is 8.12. The van der Waals surface area contributed by atoms with Gasteiger partial charge in [-0.25, -0.2) is 9.59 Å². The van der Waals surface area contributed by atoms with Crippen LogP contribution in [0.5, 0.6) is 0 Å². The molecular formula is C52H95NO10. The number of carbonyl (C=O) groups excluding carboxylic acids is 4. The first kappa shape index (κ1) is 56.9. The van der Waals surface area contributed by atoms with Gasteiger partial charge in [0.1, 0.15) is 0 Å². The Kier molecular flexibility index (Phi) is 36.2. The first-order valence-corrected chi connectivity index (χ1v) is 26.5. The molecule has 0 aromatic heterocycles. The van der Waals surface area contributed by atoms with Crippen LogP contribution in [0.4, 0.5) is 0 Å². The Hall–Kier alpha value is -2.24. The van der Waals surface area contributed by atoms with Gasteiger partial charge in [-0.1, -0.05) is 162 Å². The second-order valence-electron chi connectivity index (χ2n) is 18.7. The number of rotatable bonds is 42. The molecule has 0 aromatic carbocycles. The van der Waals surface area contributed by atoms with Crippen LogP contribution in [-0.4, -0.2) is 93.8 Å². The standard InChI is InChI=1S/C52H95NO10/c1-4-6-8-10-12-14-16-20-26-34-46(54)58-41-28-22-18-24-30-43-60-51(56)49-50(63-48(62-49)36-32-33-45-37-39-53(3)40-38-45)52(57)61-44-31-25-19-23-29-42-59-47(55)35-27-21-17-15-13-11-9-7-5-2/h45,48-50H,4-44H2,1-3H3. The highest BCUT2D eigenvalue weighted by Crippen LogP contribution is 2.28. The van der Waals surface area contributed by atoms with E-state index in [4.69, 9.17) is 28.4 Å². The van der Waals surface area contributed by atoms with Gasteiger partial charge in [-0.3, -0.25) is 9.59 Å². The number of esters is 4.